The molecule has 178 valence electrons. The van der Waals surface area contributed by atoms with E-state index in [1.54, 1.807) is 5.32 Å². The predicted molar refractivity (Wildman–Crippen MR) is 112 cm³/mol. The first-order valence-corrected chi connectivity index (χ1v) is 11.2. The SMILES string of the molecule is O=C(NCC(F)(F)F)c1cn(CC2CCCO2)cc(C(=O)NC2CCCCCCC2)c1=O. The van der Waals surface area contributed by atoms with Crippen molar-refractivity contribution in [1.82, 2.24) is 15.2 Å². The average molecular weight is 457 g/mol. The van der Waals surface area contributed by atoms with Crippen LogP contribution in [0, 0.1) is 0 Å². The van der Waals surface area contributed by atoms with Gasteiger partial charge in [-0.25, -0.2) is 0 Å². The number of alkyl halides is 3. The van der Waals surface area contributed by atoms with Crippen molar-refractivity contribution >= 4 is 11.8 Å². The lowest BCUT2D eigenvalue weighted by Gasteiger charge is -2.21. The molecule has 2 aliphatic rings. The summed E-state index contributed by atoms with van der Waals surface area (Å²) in [6.07, 6.45) is 6.39. The number of carbonyl (C=O) groups excluding carboxylic acids is 2. The molecule has 1 aromatic rings. The summed E-state index contributed by atoms with van der Waals surface area (Å²) in [6.45, 7) is -0.669. The van der Waals surface area contributed by atoms with Crippen molar-refractivity contribution in [3.63, 3.8) is 0 Å². The predicted octanol–water partition coefficient (Wildman–Crippen LogP) is 3.16. The highest BCUT2D eigenvalue weighted by Crippen LogP contribution is 2.18. The molecule has 3 rings (SSSR count). The molecule has 0 radical (unpaired) electrons. The van der Waals surface area contributed by atoms with Gasteiger partial charge >= 0.3 is 6.18 Å². The molecule has 2 N–H and O–H groups in total. The Balaban J connectivity index is 1.84. The van der Waals surface area contributed by atoms with Crippen LogP contribution in [0.15, 0.2) is 17.2 Å². The largest absolute Gasteiger partial charge is 0.405 e. The molecule has 2 amide bonds. The minimum Gasteiger partial charge on any atom is -0.376 e. The fourth-order valence-corrected chi connectivity index (χ4v) is 4.22. The zero-order valence-electron chi connectivity index (χ0n) is 18.0. The van der Waals surface area contributed by atoms with E-state index in [0.29, 0.717) is 13.2 Å². The van der Waals surface area contributed by atoms with E-state index in [9.17, 15) is 27.6 Å². The minimum atomic E-state index is -4.61. The summed E-state index contributed by atoms with van der Waals surface area (Å²) in [7, 11) is 0. The lowest BCUT2D eigenvalue weighted by atomic mass is 9.96. The summed E-state index contributed by atoms with van der Waals surface area (Å²) in [5.74, 6) is -1.76. The third-order valence-electron chi connectivity index (χ3n) is 5.90. The normalized spacial score (nSPS) is 20.4. The molecule has 10 heteroatoms. The number of halogens is 3. The molecule has 7 nitrogen and oxygen atoms in total. The molecule has 0 bridgehead atoms. The van der Waals surface area contributed by atoms with E-state index in [4.69, 9.17) is 4.74 Å². The zero-order chi connectivity index (χ0) is 23.1. The van der Waals surface area contributed by atoms with Crippen LogP contribution in [0.25, 0.3) is 0 Å². The quantitative estimate of drug-likeness (QED) is 0.687. The molecule has 1 aromatic heterocycles. The van der Waals surface area contributed by atoms with Crippen LogP contribution in [0.5, 0.6) is 0 Å². The molecular formula is C22H30F3N3O4. The number of nitrogens with zero attached hydrogens (tertiary/aromatic N) is 1. The third kappa shape index (κ3) is 7.08. The molecule has 2 fully saturated rings. The number of ether oxygens (including phenoxy) is 1. The molecule has 2 heterocycles. The Morgan fingerprint density at radius 3 is 2.19 bits per heavy atom. The third-order valence-corrected chi connectivity index (χ3v) is 5.90. The van der Waals surface area contributed by atoms with Crippen LogP contribution >= 0.6 is 0 Å². The van der Waals surface area contributed by atoms with Crippen molar-refractivity contribution in [3.8, 4) is 0 Å². The van der Waals surface area contributed by atoms with E-state index in [0.717, 1.165) is 51.4 Å². The maximum absolute atomic E-state index is 12.9. The van der Waals surface area contributed by atoms with Gasteiger partial charge in [-0.15, -0.1) is 0 Å². The highest BCUT2D eigenvalue weighted by atomic mass is 19.4. The van der Waals surface area contributed by atoms with Crippen molar-refractivity contribution < 1.29 is 27.5 Å². The van der Waals surface area contributed by atoms with Crippen LogP contribution in [0.1, 0.15) is 78.5 Å². The average Bonchev–Trinajstić information content (AvgIpc) is 3.21. The highest BCUT2D eigenvalue weighted by molar-refractivity contribution is 5.99. The Bertz CT molecular complexity index is 855. The fraction of sp³-hybridized carbons (Fsp3) is 0.682. The fourth-order valence-electron chi connectivity index (χ4n) is 4.22. The lowest BCUT2D eigenvalue weighted by molar-refractivity contribution is -0.123. The second kappa shape index (κ2) is 11.0. The van der Waals surface area contributed by atoms with Gasteiger partial charge in [0.1, 0.15) is 17.7 Å². The van der Waals surface area contributed by atoms with E-state index in [1.165, 1.54) is 23.4 Å². The Hall–Kier alpha value is -2.36. The van der Waals surface area contributed by atoms with E-state index < -0.39 is 35.5 Å². The van der Waals surface area contributed by atoms with Crippen LogP contribution in [0.2, 0.25) is 0 Å². The van der Waals surface area contributed by atoms with Crippen LogP contribution in [-0.4, -0.2) is 47.9 Å². The van der Waals surface area contributed by atoms with Crippen molar-refractivity contribution in [2.75, 3.05) is 13.2 Å². The van der Waals surface area contributed by atoms with Gasteiger partial charge in [0.25, 0.3) is 11.8 Å². The van der Waals surface area contributed by atoms with Gasteiger partial charge in [-0.1, -0.05) is 32.1 Å². The summed E-state index contributed by atoms with van der Waals surface area (Å²) in [4.78, 5) is 38.2. The summed E-state index contributed by atoms with van der Waals surface area (Å²) < 4.78 is 44.7. The number of amides is 2. The van der Waals surface area contributed by atoms with Gasteiger partial charge in [0.15, 0.2) is 0 Å². The minimum absolute atomic E-state index is 0.0727. The second-order valence-corrected chi connectivity index (χ2v) is 8.56. The van der Waals surface area contributed by atoms with Gasteiger partial charge in [0.05, 0.1) is 6.10 Å². The second-order valence-electron chi connectivity index (χ2n) is 8.56. The maximum Gasteiger partial charge on any atom is 0.405 e. The zero-order valence-corrected chi connectivity index (χ0v) is 18.0. The standard InChI is InChI=1S/C22H30F3N3O4/c23-22(24,25)14-26-20(30)17-12-28(11-16-9-6-10-32-16)13-18(19(17)29)21(31)27-15-7-4-2-1-3-5-8-15/h12-13,15-16H,1-11,14H2,(H,26,30)(H,27,31). The van der Waals surface area contributed by atoms with E-state index in [2.05, 4.69) is 5.32 Å². The van der Waals surface area contributed by atoms with Crippen molar-refractivity contribution in [1.29, 1.82) is 0 Å². The van der Waals surface area contributed by atoms with Gasteiger partial charge in [0, 0.05) is 31.6 Å². The van der Waals surface area contributed by atoms with Gasteiger partial charge in [-0.3, -0.25) is 14.4 Å². The Labute approximate surface area is 184 Å². The molecule has 32 heavy (non-hydrogen) atoms. The molecule has 1 unspecified atom stereocenters. The van der Waals surface area contributed by atoms with E-state index in [-0.39, 0.29) is 17.7 Å². The molecule has 0 aromatic carbocycles. The van der Waals surface area contributed by atoms with Gasteiger partial charge in [-0.05, 0) is 25.7 Å². The maximum atomic E-state index is 12.9. The Kier molecular flexibility index (Phi) is 8.33. The molecule has 0 spiro atoms. The highest BCUT2D eigenvalue weighted by Gasteiger charge is 2.29. The monoisotopic (exact) mass is 457 g/mol. The first-order valence-electron chi connectivity index (χ1n) is 11.2. The van der Waals surface area contributed by atoms with Crippen LogP contribution < -0.4 is 16.1 Å². The first-order chi connectivity index (χ1) is 15.2. The summed E-state index contributed by atoms with van der Waals surface area (Å²) >= 11 is 0. The number of nitrogens with one attached hydrogen (secondary N) is 2. The molecular weight excluding hydrogens is 427 g/mol. The van der Waals surface area contributed by atoms with Crippen molar-refractivity contribution in [2.24, 2.45) is 0 Å². The number of rotatable bonds is 6. The first kappa shape index (κ1) is 24.3. The lowest BCUT2D eigenvalue weighted by Crippen LogP contribution is -2.41. The number of carbonyl (C=O) groups is 2. The van der Waals surface area contributed by atoms with Gasteiger partial charge in [-0.2, -0.15) is 13.2 Å². The Morgan fingerprint density at radius 2 is 1.59 bits per heavy atom. The summed E-state index contributed by atoms with van der Waals surface area (Å²) in [5, 5.41) is 4.61. The molecule has 1 aliphatic carbocycles. The topological polar surface area (TPSA) is 89.4 Å². The number of hydrogen-bond donors (Lipinski definition) is 2. The Morgan fingerprint density at radius 1 is 0.969 bits per heavy atom. The van der Waals surface area contributed by atoms with Crippen LogP contribution in [-0.2, 0) is 11.3 Å². The summed E-state index contributed by atoms with van der Waals surface area (Å²) in [6, 6.07) is -0.0727. The van der Waals surface area contributed by atoms with Crippen molar-refractivity contribution in [3.05, 3.63) is 33.7 Å². The summed E-state index contributed by atoms with van der Waals surface area (Å²) in [5.41, 5.74) is -1.61. The van der Waals surface area contributed by atoms with Crippen LogP contribution in [0.4, 0.5) is 13.2 Å². The van der Waals surface area contributed by atoms with E-state index >= 15 is 0 Å². The van der Waals surface area contributed by atoms with Crippen molar-refractivity contribution in [2.45, 2.75) is 82.7 Å². The van der Waals surface area contributed by atoms with E-state index in [1.807, 2.05) is 0 Å². The number of pyridine rings is 1. The molecule has 1 atom stereocenters. The molecule has 1 saturated carbocycles. The molecule has 1 saturated heterocycles. The smallest absolute Gasteiger partial charge is 0.376 e. The number of hydrogen-bond acceptors (Lipinski definition) is 4. The number of aromatic nitrogens is 1. The van der Waals surface area contributed by atoms with Gasteiger partial charge < -0.3 is 19.9 Å². The molecule has 1 aliphatic heterocycles. The van der Waals surface area contributed by atoms with Crippen LogP contribution in [0.3, 0.4) is 0 Å². The van der Waals surface area contributed by atoms with Gasteiger partial charge in [0.2, 0.25) is 5.43 Å².